The molecule has 1 aromatic rings. The van der Waals surface area contributed by atoms with Gasteiger partial charge >= 0.3 is 0 Å². The van der Waals surface area contributed by atoms with E-state index in [2.05, 4.69) is 59.4 Å². The van der Waals surface area contributed by atoms with Crippen molar-refractivity contribution >= 4 is 15.9 Å². The molecule has 0 saturated carbocycles. The Morgan fingerprint density at radius 2 is 2.00 bits per heavy atom. The molecule has 1 N–H and O–H groups in total. The van der Waals surface area contributed by atoms with Crippen LogP contribution in [0.25, 0.3) is 0 Å². The quantitative estimate of drug-likeness (QED) is 0.809. The Morgan fingerprint density at radius 3 is 2.56 bits per heavy atom. The second kappa shape index (κ2) is 7.08. The zero-order valence-corrected chi connectivity index (χ0v) is 12.0. The third kappa shape index (κ3) is 4.67. The first-order valence-electron chi connectivity index (χ1n) is 6.06. The summed E-state index contributed by atoms with van der Waals surface area (Å²) < 4.78 is 1.16. The third-order valence-corrected chi connectivity index (χ3v) is 3.37. The van der Waals surface area contributed by atoms with Crippen LogP contribution in [0.4, 0.5) is 0 Å². The minimum Gasteiger partial charge on any atom is -0.313 e. The van der Waals surface area contributed by atoms with E-state index in [9.17, 15) is 0 Å². The number of rotatable bonds is 6. The van der Waals surface area contributed by atoms with Gasteiger partial charge in [0.05, 0.1) is 0 Å². The van der Waals surface area contributed by atoms with E-state index >= 15 is 0 Å². The van der Waals surface area contributed by atoms with Gasteiger partial charge in [-0.15, -0.1) is 0 Å². The third-order valence-electron chi connectivity index (χ3n) is 2.87. The lowest BCUT2D eigenvalue weighted by Gasteiger charge is -2.17. The molecule has 2 heteroatoms. The maximum atomic E-state index is 3.52. The van der Waals surface area contributed by atoms with E-state index in [1.165, 1.54) is 24.8 Å². The van der Waals surface area contributed by atoms with Crippen molar-refractivity contribution in [2.45, 2.75) is 39.2 Å². The summed E-state index contributed by atoms with van der Waals surface area (Å²) in [7, 11) is 2.04. The highest BCUT2D eigenvalue weighted by molar-refractivity contribution is 9.10. The van der Waals surface area contributed by atoms with Crippen LogP contribution in [0.3, 0.4) is 0 Å². The lowest BCUT2D eigenvalue weighted by atomic mass is 9.98. The maximum absolute atomic E-state index is 3.52. The molecule has 0 heterocycles. The Morgan fingerprint density at radius 1 is 1.25 bits per heavy atom. The summed E-state index contributed by atoms with van der Waals surface area (Å²) in [5.74, 6) is 0.806. The van der Waals surface area contributed by atoms with Crippen molar-refractivity contribution < 1.29 is 0 Å². The van der Waals surface area contributed by atoms with Gasteiger partial charge in [0.2, 0.25) is 0 Å². The van der Waals surface area contributed by atoms with Gasteiger partial charge in [-0.05, 0) is 37.1 Å². The molecule has 16 heavy (non-hydrogen) atoms. The predicted octanol–water partition coefficient (Wildman–Crippen LogP) is 4.54. The van der Waals surface area contributed by atoms with Crippen LogP contribution >= 0.6 is 15.9 Å². The normalized spacial score (nSPS) is 13.1. The molecular formula is C14H22BrN. The summed E-state index contributed by atoms with van der Waals surface area (Å²) in [5, 5.41) is 3.40. The molecule has 0 spiro atoms. The fraction of sp³-hybridized carbons (Fsp3) is 0.571. The number of benzene rings is 1. The van der Waals surface area contributed by atoms with Gasteiger partial charge in [-0.2, -0.15) is 0 Å². The molecule has 1 nitrogen and oxygen atoms in total. The average Bonchev–Trinajstić information content (AvgIpc) is 2.24. The molecule has 1 aromatic carbocycles. The molecule has 0 aliphatic rings. The van der Waals surface area contributed by atoms with E-state index in [4.69, 9.17) is 0 Å². The number of nitrogens with one attached hydrogen (secondary N) is 1. The molecule has 0 fully saturated rings. The second-order valence-electron chi connectivity index (χ2n) is 4.72. The van der Waals surface area contributed by atoms with Gasteiger partial charge in [-0.3, -0.25) is 0 Å². The Hall–Kier alpha value is -0.340. The van der Waals surface area contributed by atoms with Gasteiger partial charge < -0.3 is 5.32 Å². The van der Waals surface area contributed by atoms with Gasteiger partial charge in [0, 0.05) is 10.5 Å². The summed E-state index contributed by atoms with van der Waals surface area (Å²) in [6, 6.07) is 9.06. The Bertz CT molecular complexity index is 309. The zero-order valence-electron chi connectivity index (χ0n) is 10.5. The number of hydrogen-bond donors (Lipinski definition) is 1. The smallest absolute Gasteiger partial charge is 0.0317 e. The minimum absolute atomic E-state index is 0.483. The molecular weight excluding hydrogens is 262 g/mol. The van der Waals surface area contributed by atoms with E-state index < -0.39 is 0 Å². The fourth-order valence-corrected chi connectivity index (χ4v) is 2.35. The van der Waals surface area contributed by atoms with Crippen LogP contribution in [0.2, 0.25) is 0 Å². The summed E-state index contributed by atoms with van der Waals surface area (Å²) in [5.41, 5.74) is 1.38. The van der Waals surface area contributed by atoms with Crippen molar-refractivity contribution in [3.05, 3.63) is 34.3 Å². The minimum atomic E-state index is 0.483. The summed E-state index contributed by atoms with van der Waals surface area (Å²) >= 11 is 3.52. The SMILES string of the molecule is CNC(CCCC(C)C)c1cccc(Br)c1. The molecule has 0 bridgehead atoms. The first kappa shape index (κ1) is 13.7. The van der Waals surface area contributed by atoms with Gasteiger partial charge in [-0.1, -0.05) is 54.8 Å². The van der Waals surface area contributed by atoms with Crippen LogP contribution in [0.1, 0.15) is 44.7 Å². The largest absolute Gasteiger partial charge is 0.313 e. The summed E-state index contributed by atoms with van der Waals surface area (Å²) in [4.78, 5) is 0. The van der Waals surface area contributed by atoms with Crippen LogP contribution in [0.15, 0.2) is 28.7 Å². The highest BCUT2D eigenvalue weighted by Gasteiger charge is 2.09. The highest BCUT2D eigenvalue weighted by Crippen LogP contribution is 2.23. The van der Waals surface area contributed by atoms with Crippen molar-refractivity contribution in [1.29, 1.82) is 0 Å². The molecule has 1 atom stereocenters. The van der Waals surface area contributed by atoms with E-state index in [1.54, 1.807) is 0 Å². The lowest BCUT2D eigenvalue weighted by molar-refractivity contribution is 0.470. The molecule has 0 aliphatic carbocycles. The molecule has 1 unspecified atom stereocenters. The molecule has 0 saturated heterocycles. The standard InChI is InChI=1S/C14H22BrN/c1-11(2)6-4-9-14(16-3)12-7-5-8-13(15)10-12/h5,7-8,10-11,14,16H,4,6,9H2,1-3H3. The van der Waals surface area contributed by atoms with Crippen LogP contribution in [-0.2, 0) is 0 Å². The summed E-state index contributed by atoms with van der Waals surface area (Å²) in [6.07, 6.45) is 3.81. The van der Waals surface area contributed by atoms with Crippen molar-refractivity contribution in [3.8, 4) is 0 Å². The first-order chi connectivity index (χ1) is 7.63. The Labute approximate surface area is 108 Å². The van der Waals surface area contributed by atoms with Crippen molar-refractivity contribution in [2.75, 3.05) is 7.05 Å². The van der Waals surface area contributed by atoms with Crippen molar-refractivity contribution in [1.82, 2.24) is 5.32 Å². The molecule has 0 aromatic heterocycles. The van der Waals surface area contributed by atoms with E-state index in [0.717, 1.165) is 10.4 Å². The van der Waals surface area contributed by atoms with Gasteiger partial charge in [0.15, 0.2) is 0 Å². The second-order valence-corrected chi connectivity index (χ2v) is 5.64. The van der Waals surface area contributed by atoms with Crippen molar-refractivity contribution in [2.24, 2.45) is 5.92 Å². The topological polar surface area (TPSA) is 12.0 Å². The summed E-state index contributed by atoms with van der Waals surface area (Å²) in [6.45, 7) is 4.57. The van der Waals surface area contributed by atoms with E-state index in [0.29, 0.717) is 6.04 Å². The number of halogens is 1. The number of hydrogen-bond acceptors (Lipinski definition) is 1. The van der Waals surface area contributed by atoms with E-state index in [1.807, 2.05) is 7.05 Å². The van der Waals surface area contributed by atoms with Crippen LogP contribution < -0.4 is 5.32 Å². The van der Waals surface area contributed by atoms with Gasteiger partial charge in [-0.25, -0.2) is 0 Å². The van der Waals surface area contributed by atoms with Crippen LogP contribution in [0, 0.1) is 5.92 Å². The molecule has 0 aliphatic heterocycles. The Kier molecular flexibility index (Phi) is 6.07. The predicted molar refractivity (Wildman–Crippen MR) is 74.6 cm³/mol. The Balaban J connectivity index is 2.53. The van der Waals surface area contributed by atoms with Crippen LogP contribution in [-0.4, -0.2) is 7.05 Å². The molecule has 90 valence electrons. The van der Waals surface area contributed by atoms with Gasteiger partial charge in [0.1, 0.15) is 0 Å². The molecule has 0 amide bonds. The molecule has 0 radical (unpaired) electrons. The maximum Gasteiger partial charge on any atom is 0.0317 e. The lowest BCUT2D eigenvalue weighted by Crippen LogP contribution is -2.16. The zero-order chi connectivity index (χ0) is 12.0. The van der Waals surface area contributed by atoms with Gasteiger partial charge in [0.25, 0.3) is 0 Å². The molecule has 1 rings (SSSR count). The fourth-order valence-electron chi connectivity index (χ4n) is 1.93. The van der Waals surface area contributed by atoms with Crippen molar-refractivity contribution in [3.63, 3.8) is 0 Å². The first-order valence-corrected chi connectivity index (χ1v) is 6.85. The average molecular weight is 284 g/mol. The van der Waals surface area contributed by atoms with E-state index in [-0.39, 0.29) is 0 Å². The monoisotopic (exact) mass is 283 g/mol. The van der Waals surface area contributed by atoms with Crippen LogP contribution in [0.5, 0.6) is 0 Å². The highest BCUT2D eigenvalue weighted by atomic mass is 79.9.